The molecule has 108 valence electrons. The molecule has 1 saturated heterocycles. The summed E-state index contributed by atoms with van der Waals surface area (Å²) in [5.41, 5.74) is 1.95. The first-order chi connectivity index (χ1) is 9.70. The summed E-state index contributed by atoms with van der Waals surface area (Å²) in [5.74, 6) is 1.51. The molecule has 2 atom stereocenters. The molecule has 0 radical (unpaired) electrons. The molecule has 2 aliphatic rings. The number of fused-ring (bicyclic) bond motifs is 3. The lowest BCUT2D eigenvalue weighted by atomic mass is 9.90. The van der Waals surface area contributed by atoms with E-state index in [-0.39, 0.29) is 11.9 Å². The molecular weight excluding hydrogens is 252 g/mol. The Morgan fingerprint density at radius 1 is 1.45 bits per heavy atom. The van der Waals surface area contributed by atoms with E-state index < -0.39 is 0 Å². The van der Waals surface area contributed by atoms with Crippen LogP contribution in [0.2, 0.25) is 0 Å². The second-order valence-electron chi connectivity index (χ2n) is 5.83. The number of amides is 1. The minimum Gasteiger partial charge on any atom is -0.491 e. The highest BCUT2D eigenvalue weighted by atomic mass is 16.5. The van der Waals surface area contributed by atoms with Gasteiger partial charge in [-0.3, -0.25) is 4.79 Å². The van der Waals surface area contributed by atoms with Crippen LogP contribution >= 0.6 is 0 Å². The summed E-state index contributed by atoms with van der Waals surface area (Å²) in [6, 6.07) is 6.00. The Hall–Kier alpha value is -1.71. The normalized spacial score (nSPS) is 24.7. The molecule has 1 aromatic rings. The lowest BCUT2D eigenvalue weighted by Crippen LogP contribution is -2.52. The first-order valence-corrected chi connectivity index (χ1v) is 7.54. The van der Waals surface area contributed by atoms with Crippen LogP contribution in [0.4, 0.5) is 11.4 Å². The predicted octanol–water partition coefficient (Wildman–Crippen LogP) is 3.03. The topological polar surface area (TPSA) is 41.6 Å². The zero-order valence-electron chi connectivity index (χ0n) is 12.2. The number of nitrogens with zero attached hydrogens (tertiary/aromatic N) is 1. The summed E-state index contributed by atoms with van der Waals surface area (Å²) in [6.07, 6.45) is 3.04. The van der Waals surface area contributed by atoms with E-state index in [2.05, 4.69) is 30.1 Å². The van der Waals surface area contributed by atoms with Crippen molar-refractivity contribution in [1.29, 1.82) is 0 Å². The molecule has 3 rings (SSSR count). The van der Waals surface area contributed by atoms with E-state index in [9.17, 15) is 4.79 Å². The maximum absolute atomic E-state index is 12.4. The minimum atomic E-state index is -0.0207. The number of ether oxygens (including phenoxy) is 1. The third-order valence-electron chi connectivity index (χ3n) is 4.19. The molecule has 4 heteroatoms. The van der Waals surface area contributed by atoms with Crippen LogP contribution in [-0.2, 0) is 4.79 Å². The Bertz CT molecular complexity index is 515. The van der Waals surface area contributed by atoms with E-state index in [1.807, 2.05) is 12.1 Å². The Labute approximate surface area is 120 Å². The van der Waals surface area contributed by atoms with E-state index in [0.717, 1.165) is 42.9 Å². The van der Waals surface area contributed by atoms with Crippen molar-refractivity contribution in [1.82, 2.24) is 0 Å². The van der Waals surface area contributed by atoms with Gasteiger partial charge >= 0.3 is 0 Å². The zero-order chi connectivity index (χ0) is 14.1. The second kappa shape index (κ2) is 5.35. The number of hydrogen-bond donors (Lipinski definition) is 1. The molecule has 1 N–H and O–H groups in total. The number of nitrogens with one attached hydrogen (secondary N) is 1. The molecule has 1 amide bonds. The number of para-hydroxylation sites is 1. The number of piperidine rings is 1. The Morgan fingerprint density at radius 3 is 3.10 bits per heavy atom. The first-order valence-electron chi connectivity index (χ1n) is 7.54. The van der Waals surface area contributed by atoms with Crippen LogP contribution in [0.5, 0.6) is 5.75 Å². The first kappa shape index (κ1) is 13.3. The number of carbonyl (C=O) groups excluding carboxylic acids is 1. The van der Waals surface area contributed by atoms with Gasteiger partial charge in [-0.05, 0) is 37.3 Å². The van der Waals surface area contributed by atoms with Gasteiger partial charge in [0.1, 0.15) is 17.5 Å². The van der Waals surface area contributed by atoms with Crippen LogP contribution in [-0.4, -0.2) is 25.1 Å². The van der Waals surface area contributed by atoms with Crippen LogP contribution in [0.25, 0.3) is 0 Å². The largest absolute Gasteiger partial charge is 0.491 e. The molecule has 2 unspecified atom stereocenters. The van der Waals surface area contributed by atoms with Gasteiger partial charge in [-0.2, -0.15) is 0 Å². The Balaban J connectivity index is 1.94. The van der Waals surface area contributed by atoms with Gasteiger partial charge < -0.3 is 15.0 Å². The van der Waals surface area contributed by atoms with Gasteiger partial charge in [0.2, 0.25) is 5.91 Å². The maximum atomic E-state index is 12.4. The van der Waals surface area contributed by atoms with Crippen LogP contribution < -0.4 is 15.0 Å². The molecule has 20 heavy (non-hydrogen) atoms. The predicted molar refractivity (Wildman–Crippen MR) is 80.4 cm³/mol. The third kappa shape index (κ3) is 2.23. The van der Waals surface area contributed by atoms with Gasteiger partial charge in [0.15, 0.2) is 0 Å². The average Bonchev–Trinajstić information content (AvgIpc) is 2.45. The van der Waals surface area contributed by atoms with E-state index in [4.69, 9.17) is 4.74 Å². The van der Waals surface area contributed by atoms with Crippen molar-refractivity contribution in [3.05, 3.63) is 18.2 Å². The smallest absolute Gasteiger partial charge is 0.247 e. The third-order valence-corrected chi connectivity index (χ3v) is 4.19. The van der Waals surface area contributed by atoms with Crippen molar-refractivity contribution in [2.24, 2.45) is 5.92 Å². The molecule has 2 aliphatic heterocycles. The molecule has 0 aromatic heterocycles. The molecule has 0 bridgehead atoms. The Morgan fingerprint density at radius 2 is 2.30 bits per heavy atom. The minimum absolute atomic E-state index is 0.0207. The number of benzene rings is 1. The highest BCUT2D eigenvalue weighted by molar-refractivity contribution is 6.05. The van der Waals surface area contributed by atoms with Crippen molar-refractivity contribution in [3.8, 4) is 5.75 Å². The van der Waals surface area contributed by atoms with Crippen molar-refractivity contribution >= 4 is 17.3 Å². The van der Waals surface area contributed by atoms with Gasteiger partial charge in [-0.15, -0.1) is 0 Å². The summed E-state index contributed by atoms with van der Waals surface area (Å²) in [4.78, 5) is 14.6. The van der Waals surface area contributed by atoms with Gasteiger partial charge in [0.25, 0.3) is 0 Å². The average molecular weight is 274 g/mol. The van der Waals surface area contributed by atoms with Crippen LogP contribution in [0.1, 0.15) is 33.1 Å². The van der Waals surface area contributed by atoms with Crippen LogP contribution in [0, 0.1) is 5.92 Å². The molecule has 0 spiro atoms. The maximum Gasteiger partial charge on any atom is 0.247 e. The highest BCUT2D eigenvalue weighted by Gasteiger charge is 2.37. The summed E-state index contributed by atoms with van der Waals surface area (Å²) >= 11 is 0. The van der Waals surface area contributed by atoms with E-state index in [0.29, 0.717) is 12.5 Å². The fourth-order valence-electron chi connectivity index (χ4n) is 3.10. The molecule has 2 heterocycles. The number of hydrogen-bond acceptors (Lipinski definition) is 3. The van der Waals surface area contributed by atoms with Crippen LogP contribution in [0.3, 0.4) is 0 Å². The van der Waals surface area contributed by atoms with Gasteiger partial charge in [0.05, 0.1) is 12.3 Å². The summed E-state index contributed by atoms with van der Waals surface area (Å²) in [5, 5.41) is 3.05. The quantitative estimate of drug-likeness (QED) is 0.921. The molecule has 1 aromatic carbocycles. The van der Waals surface area contributed by atoms with Crippen molar-refractivity contribution in [2.45, 2.75) is 39.2 Å². The fourth-order valence-corrected chi connectivity index (χ4v) is 3.10. The van der Waals surface area contributed by atoms with Crippen molar-refractivity contribution < 1.29 is 9.53 Å². The van der Waals surface area contributed by atoms with Crippen molar-refractivity contribution in [2.75, 3.05) is 23.4 Å². The van der Waals surface area contributed by atoms with Gasteiger partial charge in [0, 0.05) is 6.54 Å². The number of anilines is 2. The molecule has 0 aliphatic carbocycles. The summed E-state index contributed by atoms with van der Waals surface area (Å²) in [6.45, 7) is 5.92. The van der Waals surface area contributed by atoms with Gasteiger partial charge in [-0.1, -0.05) is 19.9 Å². The standard InChI is InChI=1S/C16H22N2O2/c1-3-9-20-14-6-4-5-12-15(14)17-16(19)13-10-11(2)7-8-18(12)13/h4-6,11,13H,3,7-10H2,1-2H3,(H,17,19). The summed E-state index contributed by atoms with van der Waals surface area (Å²) < 4.78 is 5.76. The lowest BCUT2D eigenvalue weighted by molar-refractivity contribution is -0.118. The zero-order valence-corrected chi connectivity index (χ0v) is 12.2. The lowest BCUT2D eigenvalue weighted by Gasteiger charge is -2.43. The van der Waals surface area contributed by atoms with E-state index >= 15 is 0 Å². The van der Waals surface area contributed by atoms with Crippen LogP contribution in [0.15, 0.2) is 18.2 Å². The number of rotatable bonds is 3. The molecular formula is C16H22N2O2. The Kier molecular flexibility index (Phi) is 3.55. The molecule has 4 nitrogen and oxygen atoms in total. The van der Waals surface area contributed by atoms with Gasteiger partial charge in [-0.25, -0.2) is 0 Å². The SMILES string of the molecule is CCCOc1cccc2c1NC(=O)C1CC(C)CCN21. The van der Waals surface area contributed by atoms with E-state index in [1.165, 1.54) is 0 Å². The van der Waals surface area contributed by atoms with E-state index in [1.54, 1.807) is 0 Å². The highest BCUT2D eigenvalue weighted by Crippen LogP contribution is 2.42. The molecule has 1 fully saturated rings. The number of carbonyl (C=O) groups is 1. The van der Waals surface area contributed by atoms with Crippen molar-refractivity contribution in [3.63, 3.8) is 0 Å². The second-order valence-corrected chi connectivity index (χ2v) is 5.83. The fraction of sp³-hybridized carbons (Fsp3) is 0.562. The summed E-state index contributed by atoms with van der Waals surface area (Å²) in [7, 11) is 0. The monoisotopic (exact) mass is 274 g/mol. The molecule has 0 saturated carbocycles.